The molecular weight excluding hydrogens is 428 g/mol. The van der Waals surface area contributed by atoms with Crippen molar-refractivity contribution >= 4 is 17.7 Å². The molecule has 0 aliphatic carbocycles. The lowest BCUT2D eigenvalue weighted by Crippen LogP contribution is -2.14. The van der Waals surface area contributed by atoms with Gasteiger partial charge in [-0.25, -0.2) is 0 Å². The van der Waals surface area contributed by atoms with Gasteiger partial charge in [0.15, 0.2) is 22.5 Å². The van der Waals surface area contributed by atoms with E-state index in [0.717, 1.165) is 40.6 Å². The third kappa shape index (κ3) is 5.94. The summed E-state index contributed by atoms with van der Waals surface area (Å²) in [4.78, 5) is 11.3. The fourth-order valence-corrected chi connectivity index (χ4v) is 3.88. The average molecular weight is 457 g/mol. The highest BCUT2D eigenvalue weighted by molar-refractivity contribution is 7.99. The number of benzene rings is 2. The smallest absolute Gasteiger partial charge is 0.227 e. The Morgan fingerprint density at radius 1 is 1.03 bits per heavy atom. The summed E-state index contributed by atoms with van der Waals surface area (Å²) in [5, 5.41) is 9.31. The van der Waals surface area contributed by atoms with Crippen molar-refractivity contribution in [2.45, 2.75) is 32.0 Å². The molecule has 3 aromatic rings. The third-order valence-corrected chi connectivity index (χ3v) is 5.63. The summed E-state index contributed by atoms with van der Waals surface area (Å²) in [5.41, 5.74) is 7.34. The van der Waals surface area contributed by atoms with Crippen LogP contribution in [0.4, 0.5) is 0 Å². The summed E-state index contributed by atoms with van der Waals surface area (Å²) in [7, 11) is 1.63. The van der Waals surface area contributed by atoms with Crippen molar-refractivity contribution < 1.29 is 19.0 Å². The molecule has 0 aliphatic heterocycles. The van der Waals surface area contributed by atoms with Crippen molar-refractivity contribution in [1.82, 2.24) is 14.8 Å². The van der Waals surface area contributed by atoms with Gasteiger partial charge in [-0.05, 0) is 62.2 Å². The molecule has 3 rings (SSSR count). The molecule has 8 nitrogen and oxygen atoms in total. The topological polar surface area (TPSA) is 101 Å². The van der Waals surface area contributed by atoms with E-state index in [1.165, 1.54) is 11.8 Å². The lowest BCUT2D eigenvalue weighted by Gasteiger charge is -2.14. The van der Waals surface area contributed by atoms with Crippen LogP contribution in [-0.2, 0) is 17.8 Å². The zero-order valence-corrected chi connectivity index (χ0v) is 19.4. The predicted octanol–water partition coefficient (Wildman–Crippen LogP) is 3.57. The Bertz CT molecular complexity index is 1040. The number of nitrogens with zero attached hydrogens (tertiary/aromatic N) is 3. The highest BCUT2D eigenvalue weighted by atomic mass is 32.2. The molecule has 1 heterocycles. The van der Waals surface area contributed by atoms with Crippen molar-refractivity contribution in [2.75, 3.05) is 26.1 Å². The first-order valence-electron chi connectivity index (χ1n) is 10.4. The molecule has 0 bridgehead atoms. The Morgan fingerprint density at radius 3 is 2.41 bits per heavy atom. The lowest BCUT2D eigenvalue weighted by atomic mass is 10.1. The summed E-state index contributed by atoms with van der Waals surface area (Å²) in [6.07, 6.45) is 0.720. The second-order valence-electron chi connectivity index (χ2n) is 6.84. The predicted molar refractivity (Wildman–Crippen MR) is 124 cm³/mol. The molecule has 0 saturated carbocycles. The molecule has 0 spiro atoms. The molecule has 0 fully saturated rings. The van der Waals surface area contributed by atoms with Crippen LogP contribution in [0, 0.1) is 0 Å². The summed E-state index contributed by atoms with van der Waals surface area (Å²) < 4.78 is 18.7. The summed E-state index contributed by atoms with van der Waals surface area (Å²) >= 11 is 1.28. The van der Waals surface area contributed by atoms with Crippen molar-refractivity contribution in [3.8, 4) is 28.6 Å². The number of methoxy groups -OCH3 is 1. The van der Waals surface area contributed by atoms with E-state index in [-0.39, 0.29) is 5.75 Å². The molecule has 2 aromatic carbocycles. The highest BCUT2D eigenvalue weighted by Crippen LogP contribution is 2.30. The number of hydrogen-bond donors (Lipinski definition) is 1. The molecule has 9 heteroatoms. The maximum absolute atomic E-state index is 11.3. The van der Waals surface area contributed by atoms with Gasteiger partial charge in [-0.2, -0.15) is 0 Å². The van der Waals surface area contributed by atoms with Crippen molar-refractivity contribution in [1.29, 1.82) is 0 Å². The van der Waals surface area contributed by atoms with Crippen LogP contribution in [-0.4, -0.2) is 46.7 Å². The van der Waals surface area contributed by atoms with Crippen molar-refractivity contribution in [2.24, 2.45) is 5.73 Å². The zero-order chi connectivity index (χ0) is 22.9. The summed E-state index contributed by atoms with van der Waals surface area (Å²) in [6.45, 7) is 5.65. The van der Waals surface area contributed by atoms with Crippen LogP contribution >= 0.6 is 11.8 Å². The van der Waals surface area contributed by atoms with Crippen molar-refractivity contribution in [3.05, 3.63) is 48.0 Å². The van der Waals surface area contributed by atoms with E-state index in [1.807, 2.05) is 60.9 Å². The van der Waals surface area contributed by atoms with Gasteiger partial charge in [0, 0.05) is 12.1 Å². The minimum atomic E-state index is -0.400. The van der Waals surface area contributed by atoms with Crippen LogP contribution in [0.15, 0.2) is 47.6 Å². The number of aromatic nitrogens is 3. The maximum atomic E-state index is 11.3. The molecule has 32 heavy (non-hydrogen) atoms. The molecule has 0 radical (unpaired) electrons. The normalized spacial score (nSPS) is 10.7. The molecule has 170 valence electrons. The van der Waals surface area contributed by atoms with E-state index in [0.29, 0.717) is 24.9 Å². The van der Waals surface area contributed by atoms with Gasteiger partial charge in [0.1, 0.15) is 5.75 Å². The number of carbonyl (C=O) groups excluding carboxylic acids is 1. The van der Waals surface area contributed by atoms with Gasteiger partial charge in [0.05, 0.1) is 26.1 Å². The van der Waals surface area contributed by atoms with Gasteiger partial charge in [-0.15, -0.1) is 10.2 Å². The number of carbonyl (C=O) groups is 1. The second-order valence-corrected chi connectivity index (χ2v) is 7.78. The number of ether oxygens (including phenoxy) is 3. The van der Waals surface area contributed by atoms with Crippen LogP contribution in [0.25, 0.3) is 11.4 Å². The minimum absolute atomic E-state index is 0.137. The average Bonchev–Trinajstić information content (AvgIpc) is 3.21. The zero-order valence-electron chi connectivity index (χ0n) is 18.5. The Labute approximate surface area is 192 Å². The van der Waals surface area contributed by atoms with Gasteiger partial charge >= 0.3 is 0 Å². The molecular formula is C23H28N4O4S. The van der Waals surface area contributed by atoms with Crippen LogP contribution in [0.3, 0.4) is 0 Å². The van der Waals surface area contributed by atoms with Crippen LogP contribution in [0.1, 0.15) is 19.4 Å². The Balaban J connectivity index is 1.87. The van der Waals surface area contributed by atoms with E-state index >= 15 is 0 Å². The summed E-state index contributed by atoms with van der Waals surface area (Å²) in [6, 6.07) is 13.6. The van der Waals surface area contributed by atoms with E-state index in [9.17, 15) is 4.79 Å². The van der Waals surface area contributed by atoms with Gasteiger partial charge in [-0.1, -0.05) is 17.8 Å². The fraction of sp³-hybridized carbons (Fsp3) is 0.348. The van der Waals surface area contributed by atoms with E-state index < -0.39 is 5.91 Å². The van der Waals surface area contributed by atoms with Gasteiger partial charge < -0.3 is 24.5 Å². The molecule has 1 aromatic heterocycles. The first kappa shape index (κ1) is 23.5. The van der Waals surface area contributed by atoms with Gasteiger partial charge in [0.25, 0.3) is 0 Å². The first-order chi connectivity index (χ1) is 15.5. The van der Waals surface area contributed by atoms with Crippen LogP contribution in [0.5, 0.6) is 17.2 Å². The number of thioether (sulfide) groups is 1. The molecule has 1 amide bonds. The van der Waals surface area contributed by atoms with Gasteiger partial charge in [-0.3, -0.25) is 4.79 Å². The fourth-order valence-electron chi connectivity index (χ4n) is 3.18. The second kappa shape index (κ2) is 11.4. The molecule has 2 N–H and O–H groups in total. The molecule has 0 unspecified atom stereocenters. The maximum Gasteiger partial charge on any atom is 0.227 e. The SMILES string of the molecule is CCOc1ccc(CCn2c(SCC(N)=O)nnc2-c2ccc(OC)cc2)cc1OCC. The van der Waals surface area contributed by atoms with E-state index in [1.54, 1.807) is 7.11 Å². The number of amides is 1. The largest absolute Gasteiger partial charge is 0.497 e. The lowest BCUT2D eigenvalue weighted by molar-refractivity contribution is -0.115. The molecule has 0 saturated heterocycles. The Hall–Kier alpha value is -3.20. The Kier molecular flexibility index (Phi) is 8.38. The monoisotopic (exact) mass is 456 g/mol. The highest BCUT2D eigenvalue weighted by Gasteiger charge is 2.16. The van der Waals surface area contributed by atoms with E-state index in [2.05, 4.69) is 10.2 Å². The first-order valence-corrected chi connectivity index (χ1v) is 11.4. The Morgan fingerprint density at radius 2 is 1.75 bits per heavy atom. The van der Waals surface area contributed by atoms with Crippen LogP contribution in [0.2, 0.25) is 0 Å². The molecule has 0 aliphatic rings. The quantitative estimate of drug-likeness (QED) is 0.416. The number of hydrogen-bond acceptors (Lipinski definition) is 7. The minimum Gasteiger partial charge on any atom is -0.497 e. The number of aryl methyl sites for hydroxylation is 1. The number of nitrogens with two attached hydrogens (primary N) is 1. The van der Waals surface area contributed by atoms with E-state index in [4.69, 9.17) is 19.9 Å². The van der Waals surface area contributed by atoms with Crippen LogP contribution < -0.4 is 19.9 Å². The number of primary amides is 1. The molecule has 0 atom stereocenters. The summed E-state index contributed by atoms with van der Waals surface area (Å²) in [5.74, 6) is 2.69. The standard InChI is InChI=1S/C23H28N4O4S/c1-4-30-19-11-6-16(14-20(19)31-5-2)12-13-27-22(17-7-9-18(29-3)10-8-17)25-26-23(27)32-15-21(24)28/h6-11,14H,4-5,12-13,15H2,1-3H3,(H2,24,28). The number of rotatable bonds is 12. The van der Waals surface area contributed by atoms with Gasteiger partial charge in [0.2, 0.25) is 5.91 Å². The third-order valence-electron chi connectivity index (χ3n) is 4.64. The van der Waals surface area contributed by atoms with Crippen molar-refractivity contribution in [3.63, 3.8) is 0 Å².